The van der Waals surface area contributed by atoms with Crippen molar-refractivity contribution in [1.29, 1.82) is 0 Å². The minimum absolute atomic E-state index is 0.118. The Bertz CT molecular complexity index is 615. The molecule has 112 valence electrons. The van der Waals surface area contributed by atoms with E-state index in [1.165, 1.54) is 11.3 Å². The van der Waals surface area contributed by atoms with Crippen LogP contribution in [0.15, 0.2) is 22.2 Å². The zero-order chi connectivity index (χ0) is 14.9. The zero-order valence-electron chi connectivity index (χ0n) is 11.9. The van der Waals surface area contributed by atoms with Gasteiger partial charge < -0.3 is 10.0 Å². The van der Waals surface area contributed by atoms with Gasteiger partial charge in [-0.1, -0.05) is 12.8 Å². The van der Waals surface area contributed by atoms with Crippen molar-refractivity contribution < 1.29 is 9.90 Å². The van der Waals surface area contributed by atoms with Crippen LogP contribution in [0.1, 0.15) is 36.2 Å². The summed E-state index contributed by atoms with van der Waals surface area (Å²) in [6.45, 7) is 0.386. The Kier molecular flexibility index (Phi) is 4.10. The number of carbonyl (C=O) groups excluding carboxylic acids is 1. The third-order valence-corrected chi connectivity index (χ3v) is 5.48. The Labute approximate surface area is 132 Å². The van der Waals surface area contributed by atoms with Gasteiger partial charge in [0.25, 0.3) is 5.91 Å². The molecule has 2 aromatic heterocycles. The summed E-state index contributed by atoms with van der Waals surface area (Å²) in [4.78, 5) is 18.4. The molecule has 1 N–H and O–H groups in total. The van der Waals surface area contributed by atoms with Gasteiger partial charge in [0, 0.05) is 29.9 Å². The molecule has 1 amide bonds. The van der Waals surface area contributed by atoms with Crippen molar-refractivity contribution in [3.05, 3.63) is 27.9 Å². The van der Waals surface area contributed by atoms with Gasteiger partial charge in [-0.25, -0.2) is 4.98 Å². The maximum atomic E-state index is 12.4. The monoisotopic (exact) mass is 322 g/mol. The predicted molar refractivity (Wildman–Crippen MR) is 85.8 cm³/mol. The first-order chi connectivity index (χ1) is 10.1. The number of thiazole rings is 1. The molecule has 21 heavy (non-hydrogen) atoms. The molecular weight excluding hydrogens is 304 g/mol. The molecule has 1 aliphatic rings. The molecule has 2 aromatic rings. The highest BCUT2D eigenvalue weighted by molar-refractivity contribution is 7.14. The van der Waals surface area contributed by atoms with Crippen LogP contribution in [-0.4, -0.2) is 40.1 Å². The van der Waals surface area contributed by atoms with Crippen molar-refractivity contribution in [3.8, 4) is 10.6 Å². The van der Waals surface area contributed by atoms with Crippen molar-refractivity contribution in [2.45, 2.75) is 31.3 Å². The van der Waals surface area contributed by atoms with Crippen LogP contribution in [0.25, 0.3) is 10.6 Å². The third-order valence-electron chi connectivity index (χ3n) is 3.90. The molecule has 0 atom stereocenters. The molecule has 0 spiro atoms. The molecule has 0 radical (unpaired) electrons. The van der Waals surface area contributed by atoms with Gasteiger partial charge in [0.05, 0.1) is 5.60 Å². The molecule has 0 aromatic carbocycles. The minimum atomic E-state index is -0.712. The van der Waals surface area contributed by atoms with Crippen molar-refractivity contribution in [2.24, 2.45) is 0 Å². The maximum absolute atomic E-state index is 12.4. The molecular formula is C15H18N2O2S2. The summed E-state index contributed by atoms with van der Waals surface area (Å²) in [7, 11) is 1.74. The molecule has 0 unspecified atom stereocenters. The fraction of sp³-hybridized carbons (Fsp3) is 0.467. The smallest absolute Gasteiger partial charge is 0.273 e. The van der Waals surface area contributed by atoms with Crippen molar-refractivity contribution in [2.75, 3.05) is 13.6 Å². The van der Waals surface area contributed by atoms with E-state index in [9.17, 15) is 9.90 Å². The molecule has 1 saturated carbocycles. The zero-order valence-corrected chi connectivity index (χ0v) is 13.5. The molecule has 3 rings (SSSR count). The predicted octanol–water partition coefficient (Wildman–Crippen LogP) is 3.25. The van der Waals surface area contributed by atoms with Crippen LogP contribution in [0, 0.1) is 0 Å². The van der Waals surface area contributed by atoms with E-state index in [1.807, 2.05) is 16.8 Å². The summed E-state index contributed by atoms with van der Waals surface area (Å²) >= 11 is 3.10. The number of thiophene rings is 1. The Morgan fingerprint density at radius 3 is 2.86 bits per heavy atom. The molecule has 1 aliphatic carbocycles. The number of aromatic nitrogens is 1. The summed E-state index contributed by atoms with van der Waals surface area (Å²) in [6.07, 6.45) is 3.64. The summed E-state index contributed by atoms with van der Waals surface area (Å²) in [5.74, 6) is -0.118. The van der Waals surface area contributed by atoms with Gasteiger partial charge in [-0.3, -0.25) is 4.79 Å². The van der Waals surface area contributed by atoms with E-state index in [4.69, 9.17) is 0 Å². The van der Waals surface area contributed by atoms with Crippen molar-refractivity contribution >= 4 is 28.6 Å². The number of likely N-dealkylation sites (N-methyl/N-ethyl adjacent to an activating group) is 1. The lowest BCUT2D eigenvalue weighted by molar-refractivity contribution is 0.0155. The van der Waals surface area contributed by atoms with E-state index < -0.39 is 5.60 Å². The fourth-order valence-corrected chi connectivity index (χ4v) is 4.30. The first kappa shape index (κ1) is 14.7. The molecule has 2 heterocycles. The Morgan fingerprint density at radius 2 is 2.19 bits per heavy atom. The van der Waals surface area contributed by atoms with Gasteiger partial charge >= 0.3 is 0 Å². The summed E-state index contributed by atoms with van der Waals surface area (Å²) in [6, 6.07) is 2.00. The average molecular weight is 322 g/mol. The normalized spacial score (nSPS) is 17.0. The number of nitrogens with zero attached hydrogens (tertiary/aromatic N) is 2. The van der Waals surface area contributed by atoms with Crippen LogP contribution in [0.4, 0.5) is 0 Å². The van der Waals surface area contributed by atoms with Crippen LogP contribution in [0.2, 0.25) is 0 Å². The van der Waals surface area contributed by atoms with Crippen LogP contribution >= 0.6 is 22.7 Å². The second kappa shape index (κ2) is 5.87. The highest BCUT2D eigenvalue weighted by Crippen LogP contribution is 2.31. The standard InChI is InChI=1S/C15H18N2O2S2/c1-17(10-15(19)5-2-3-6-15)14(18)12-9-21-13(16-12)11-4-7-20-8-11/h4,7-9,19H,2-3,5-6,10H2,1H3. The van der Waals surface area contributed by atoms with E-state index in [1.54, 1.807) is 28.7 Å². The molecule has 6 heteroatoms. The van der Waals surface area contributed by atoms with E-state index in [0.29, 0.717) is 12.2 Å². The highest BCUT2D eigenvalue weighted by atomic mass is 32.1. The number of amides is 1. The first-order valence-corrected chi connectivity index (χ1v) is 8.86. The second-order valence-electron chi connectivity index (χ2n) is 5.64. The van der Waals surface area contributed by atoms with Crippen LogP contribution in [-0.2, 0) is 0 Å². The van der Waals surface area contributed by atoms with Crippen molar-refractivity contribution in [1.82, 2.24) is 9.88 Å². The third kappa shape index (κ3) is 3.17. The van der Waals surface area contributed by atoms with E-state index >= 15 is 0 Å². The molecule has 0 aliphatic heterocycles. The number of carbonyl (C=O) groups is 1. The molecule has 0 bridgehead atoms. The lowest BCUT2D eigenvalue weighted by Crippen LogP contribution is -2.42. The van der Waals surface area contributed by atoms with E-state index in [2.05, 4.69) is 4.98 Å². The number of aliphatic hydroxyl groups is 1. The average Bonchev–Trinajstić information content (AvgIpc) is 3.18. The quantitative estimate of drug-likeness (QED) is 0.940. The SMILES string of the molecule is CN(CC1(O)CCCC1)C(=O)c1csc(-c2ccsc2)n1. The second-order valence-corrected chi connectivity index (χ2v) is 7.28. The first-order valence-electron chi connectivity index (χ1n) is 7.03. The van der Waals surface area contributed by atoms with Gasteiger partial charge in [0.2, 0.25) is 0 Å². The number of rotatable bonds is 4. The highest BCUT2D eigenvalue weighted by Gasteiger charge is 2.34. The van der Waals surface area contributed by atoms with Crippen molar-refractivity contribution in [3.63, 3.8) is 0 Å². The summed E-state index contributed by atoms with van der Waals surface area (Å²) in [5.41, 5.74) is 0.808. The van der Waals surface area contributed by atoms with Gasteiger partial charge in [-0.05, 0) is 24.3 Å². The Hall–Kier alpha value is -1.24. The summed E-state index contributed by atoms with van der Waals surface area (Å²) < 4.78 is 0. The Morgan fingerprint density at radius 1 is 1.43 bits per heavy atom. The van der Waals surface area contributed by atoms with E-state index in [0.717, 1.165) is 36.3 Å². The lowest BCUT2D eigenvalue weighted by Gasteiger charge is -2.28. The van der Waals surface area contributed by atoms with Gasteiger partial charge in [-0.2, -0.15) is 11.3 Å². The maximum Gasteiger partial charge on any atom is 0.273 e. The number of hydrogen-bond donors (Lipinski definition) is 1. The summed E-state index contributed by atoms with van der Waals surface area (Å²) in [5, 5.41) is 17.1. The van der Waals surface area contributed by atoms with E-state index in [-0.39, 0.29) is 5.91 Å². The molecule has 1 fully saturated rings. The molecule has 4 nitrogen and oxygen atoms in total. The lowest BCUT2D eigenvalue weighted by atomic mass is 10.0. The van der Waals surface area contributed by atoms with Gasteiger partial charge in [-0.15, -0.1) is 11.3 Å². The fourth-order valence-electron chi connectivity index (χ4n) is 2.79. The topological polar surface area (TPSA) is 53.4 Å². The van der Waals surface area contributed by atoms with Crippen LogP contribution in [0.3, 0.4) is 0 Å². The Balaban J connectivity index is 1.70. The largest absolute Gasteiger partial charge is 0.388 e. The van der Waals surface area contributed by atoms with Crippen LogP contribution < -0.4 is 0 Å². The minimum Gasteiger partial charge on any atom is -0.388 e. The molecule has 0 saturated heterocycles. The number of hydrogen-bond acceptors (Lipinski definition) is 5. The van der Waals surface area contributed by atoms with Gasteiger partial charge in [0.1, 0.15) is 10.7 Å². The van der Waals surface area contributed by atoms with Crippen LogP contribution in [0.5, 0.6) is 0 Å². The van der Waals surface area contributed by atoms with Gasteiger partial charge in [0.15, 0.2) is 0 Å².